The van der Waals surface area contributed by atoms with Crippen LogP contribution in [0.25, 0.3) is 0 Å². The molecule has 0 radical (unpaired) electrons. The highest BCUT2D eigenvalue weighted by Crippen LogP contribution is 2.44. The minimum absolute atomic E-state index is 0.163. The van der Waals surface area contributed by atoms with Gasteiger partial charge in [-0.1, -0.05) is 6.08 Å². The molecule has 0 saturated carbocycles. The molecular weight excluding hydrogens is 240 g/mol. The molecular formula is C12H20O2S2. The van der Waals surface area contributed by atoms with Crippen molar-refractivity contribution in [1.29, 1.82) is 0 Å². The summed E-state index contributed by atoms with van der Waals surface area (Å²) >= 11 is 4.08. The number of thioether (sulfide) groups is 2. The van der Waals surface area contributed by atoms with Crippen LogP contribution in [0, 0.1) is 0 Å². The predicted octanol–water partition coefficient (Wildman–Crippen LogP) is 3.47. The van der Waals surface area contributed by atoms with Gasteiger partial charge in [-0.15, -0.1) is 30.1 Å². The summed E-state index contributed by atoms with van der Waals surface area (Å²) in [5.41, 5.74) is 0. The Labute approximate surface area is 107 Å². The Morgan fingerprint density at radius 3 is 2.81 bits per heavy atom. The smallest absolute Gasteiger partial charge is 0.309 e. The molecule has 0 aromatic carbocycles. The van der Waals surface area contributed by atoms with E-state index in [0.29, 0.717) is 17.1 Å². The topological polar surface area (TPSA) is 26.3 Å². The SMILES string of the molecule is C=CCC(=O)OCCCC1(C)SCCCS1. The Morgan fingerprint density at radius 1 is 1.50 bits per heavy atom. The van der Waals surface area contributed by atoms with E-state index in [9.17, 15) is 4.79 Å². The second kappa shape index (κ2) is 7.28. The largest absolute Gasteiger partial charge is 0.465 e. The molecule has 1 aliphatic heterocycles. The highest BCUT2D eigenvalue weighted by molar-refractivity contribution is 8.18. The van der Waals surface area contributed by atoms with Gasteiger partial charge in [0, 0.05) is 0 Å². The number of esters is 1. The van der Waals surface area contributed by atoms with Crippen LogP contribution < -0.4 is 0 Å². The molecule has 0 aromatic heterocycles. The Bertz CT molecular complexity index is 235. The fraction of sp³-hybridized carbons (Fsp3) is 0.750. The quantitative estimate of drug-likeness (QED) is 0.415. The van der Waals surface area contributed by atoms with Crippen molar-refractivity contribution < 1.29 is 9.53 Å². The molecule has 16 heavy (non-hydrogen) atoms. The molecule has 4 heteroatoms. The Balaban J connectivity index is 2.09. The zero-order chi connectivity index (χ0) is 11.9. The number of ether oxygens (including phenoxy) is 1. The van der Waals surface area contributed by atoms with Gasteiger partial charge in [0.2, 0.25) is 0 Å². The summed E-state index contributed by atoms with van der Waals surface area (Å²) in [5.74, 6) is 2.36. The Hall–Kier alpha value is -0.0900. The van der Waals surface area contributed by atoms with Gasteiger partial charge < -0.3 is 4.74 Å². The second-order valence-electron chi connectivity index (χ2n) is 4.00. The number of hydrogen-bond acceptors (Lipinski definition) is 4. The molecule has 0 aromatic rings. The monoisotopic (exact) mass is 260 g/mol. The molecule has 0 atom stereocenters. The van der Waals surface area contributed by atoms with Gasteiger partial charge in [0.15, 0.2) is 0 Å². The minimum atomic E-state index is -0.163. The lowest BCUT2D eigenvalue weighted by Gasteiger charge is -2.32. The van der Waals surface area contributed by atoms with Crippen LogP contribution in [0.3, 0.4) is 0 Å². The minimum Gasteiger partial charge on any atom is -0.465 e. The third-order valence-corrected chi connectivity index (χ3v) is 5.77. The van der Waals surface area contributed by atoms with Gasteiger partial charge in [0.05, 0.1) is 17.1 Å². The number of carbonyl (C=O) groups is 1. The average Bonchev–Trinajstić information content (AvgIpc) is 2.26. The van der Waals surface area contributed by atoms with E-state index in [4.69, 9.17) is 4.74 Å². The maximum atomic E-state index is 11.1. The van der Waals surface area contributed by atoms with E-state index in [0.717, 1.165) is 12.8 Å². The van der Waals surface area contributed by atoms with Gasteiger partial charge in [-0.2, -0.15) is 0 Å². The standard InChI is InChI=1S/C12H20O2S2/c1-3-6-11(13)14-8-4-7-12(2)15-9-5-10-16-12/h3H,1,4-10H2,2H3. The first-order valence-electron chi connectivity index (χ1n) is 5.71. The van der Waals surface area contributed by atoms with Crippen LogP contribution in [0.2, 0.25) is 0 Å². The number of carbonyl (C=O) groups excluding carboxylic acids is 1. The van der Waals surface area contributed by atoms with Crippen molar-refractivity contribution in [1.82, 2.24) is 0 Å². The predicted molar refractivity (Wildman–Crippen MR) is 72.9 cm³/mol. The van der Waals surface area contributed by atoms with Crippen LogP contribution in [0.15, 0.2) is 12.7 Å². The van der Waals surface area contributed by atoms with Gasteiger partial charge in [-0.3, -0.25) is 4.79 Å². The Morgan fingerprint density at radius 2 is 2.19 bits per heavy atom. The van der Waals surface area contributed by atoms with Crippen molar-refractivity contribution in [3.05, 3.63) is 12.7 Å². The third kappa shape index (κ3) is 5.30. The molecule has 1 heterocycles. The number of rotatable bonds is 6. The highest BCUT2D eigenvalue weighted by atomic mass is 32.2. The van der Waals surface area contributed by atoms with Gasteiger partial charge in [0.25, 0.3) is 0 Å². The van der Waals surface area contributed by atoms with Gasteiger partial charge >= 0.3 is 5.97 Å². The van der Waals surface area contributed by atoms with Crippen molar-refractivity contribution in [2.45, 2.75) is 36.7 Å². The molecule has 0 aliphatic carbocycles. The van der Waals surface area contributed by atoms with E-state index in [1.165, 1.54) is 17.9 Å². The van der Waals surface area contributed by atoms with E-state index in [-0.39, 0.29) is 5.97 Å². The maximum absolute atomic E-state index is 11.1. The van der Waals surface area contributed by atoms with Crippen LogP contribution in [-0.2, 0) is 9.53 Å². The lowest BCUT2D eigenvalue weighted by Crippen LogP contribution is -2.21. The van der Waals surface area contributed by atoms with Crippen molar-refractivity contribution in [3.8, 4) is 0 Å². The van der Waals surface area contributed by atoms with E-state index < -0.39 is 0 Å². The summed E-state index contributed by atoms with van der Waals surface area (Å²) in [5, 5.41) is 0. The van der Waals surface area contributed by atoms with Gasteiger partial charge in [0.1, 0.15) is 0 Å². The van der Waals surface area contributed by atoms with E-state index in [1.54, 1.807) is 6.08 Å². The lowest BCUT2D eigenvalue weighted by atomic mass is 10.2. The first-order valence-corrected chi connectivity index (χ1v) is 7.68. The maximum Gasteiger partial charge on any atom is 0.309 e. The molecule has 1 saturated heterocycles. The molecule has 0 N–H and O–H groups in total. The molecule has 92 valence electrons. The first-order chi connectivity index (χ1) is 7.66. The first kappa shape index (κ1) is 14.0. The Kier molecular flexibility index (Phi) is 6.36. The summed E-state index contributed by atoms with van der Waals surface area (Å²) in [7, 11) is 0. The third-order valence-electron chi connectivity index (χ3n) is 2.45. The van der Waals surface area contributed by atoms with Crippen molar-refractivity contribution >= 4 is 29.5 Å². The van der Waals surface area contributed by atoms with Crippen molar-refractivity contribution in [3.63, 3.8) is 0 Å². The van der Waals surface area contributed by atoms with E-state index >= 15 is 0 Å². The molecule has 1 fully saturated rings. The van der Waals surface area contributed by atoms with Gasteiger partial charge in [-0.05, 0) is 37.7 Å². The van der Waals surface area contributed by atoms with Gasteiger partial charge in [-0.25, -0.2) is 0 Å². The molecule has 1 rings (SSSR count). The summed E-state index contributed by atoms with van der Waals surface area (Å²) in [4.78, 5) is 11.1. The fourth-order valence-corrected chi connectivity index (χ4v) is 4.61. The summed E-state index contributed by atoms with van der Waals surface area (Å²) in [6, 6.07) is 0. The molecule has 1 aliphatic rings. The van der Waals surface area contributed by atoms with Crippen LogP contribution in [0.5, 0.6) is 0 Å². The zero-order valence-corrected chi connectivity index (χ0v) is 11.5. The average molecular weight is 260 g/mol. The zero-order valence-electron chi connectivity index (χ0n) is 9.87. The summed E-state index contributed by atoms with van der Waals surface area (Å²) < 4.78 is 5.43. The fourth-order valence-electron chi connectivity index (χ4n) is 1.58. The molecule has 0 unspecified atom stereocenters. The van der Waals surface area contributed by atoms with Crippen LogP contribution in [0.4, 0.5) is 0 Å². The van der Waals surface area contributed by atoms with Crippen molar-refractivity contribution in [2.24, 2.45) is 0 Å². The normalized spacial score (nSPS) is 19.1. The molecule has 2 nitrogen and oxygen atoms in total. The second-order valence-corrected chi connectivity index (χ2v) is 7.46. The summed E-state index contributed by atoms with van der Waals surface area (Å²) in [6.45, 7) is 6.35. The van der Waals surface area contributed by atoms with Crippen molar-refractivity contribution in [2.75, 3.05) is 18.1 Å². The molecule has 0 spiro atoms. The molecule has 0 bridgehead atoms. The highest BCUT2D eigenvalue weighted by Gasteiger charge is 2.27. The number of hydrogen-bond donors (Lipinski definition) is 0. The van der Waals surface area contributed by atoms with Crippen LogP contribution in [0.1, 0.15) is 32.6 Å². The lowest BCUT2D eigenvalue weighted by molar-refractivity contribution is -0.142. The van der Waals surface area contributed by atoms with E-state index in [2.05, 4.69) is 13.5 Å². The van der Waals surface area contributed by atoms with Crippen LogP contribution >= 0.6 is 23.5 Å². The molecule has 0 amide bonds. The van der Waals surface area contributed by atoms with E-state index in [1.807, 2.05) is 23.5 Å². The van der Waals surface area contributed by atoms with Crippen LogP contribution in [-0.4, -0.2) is 28.2 Å². The summed E-state index contributed by atoms with van der Waals surface area (Å²) in [6.07, 6.45) is 5.29.